The van der Waals surface area contributed by atoms with Gasteiger partial charge in [-0.05, 0) is 63.0 Å². The van der Waals surface area contributed by atoms with Gasteiger partial charge in [0.15, 0.2) is 0 Å². The molecular weight excluding hydrogens is 495 g/mol. The number of nitrogens with one attached hydrogen (secondary N) is 2. The number of rotatable bonds is 12. The third-order valence-electron chi connectivity index (χ3n) is 6.82. The van der Waals surface area contributed by atoms with Gasteiger partial charge >= 0.3 is 0 Å². The van der Waals surface area contributed by atoms with Gasteiger partial charge in [-0.15, -0.1) is 0 Å². The monoisotopic (exact) mass is 536 g/mol. The molecule has 36 heavy (non-hydrogen) atoms. The highest BCUT2D eigenvalue weighted by Gasteiger charge is 2.31. The van der Waals surface area contributed by atoms with Gasteiger partial charge in [0.25, 0.3) is 0 Å². The summed E-state index contributed by atoms with van der Waals surface area (Å²) in [6.45, 7) is 8.29. The molecule has 8 nitrogen and oxygen atoms in total. The van der Waals surface area contributed by atoms with Crippen molar-refractivity contribution < 1.29 is 33.9 Å². The van der Waals surface area contributed by atoms with Crippen molar-refractivity contribution in [2.75, 3.05) is 36.8 Å². The number of imidazole rings is 2. The molecule has 200 valence electrons. The van der Waals surface area contributed by atoms with Gasteiger partial charge in [-0.2, -0.15) is 0 Å². The SMILES string of the molecule is Cc1cc(N2CC(NCCCn3cc[n+](C)c3)CC2CNCCCn2cc[n+](C)c2)ccc1N.[Cl-].[Cl-]. The quantitative estimate of drug-likeness (QED) is 0.123. The maximum Gasteiger partial charge on any atom is 0.243 e. The van der Waals surface area contributed by atoms with Crippen LogP contribution in [0.3, 0.4) is 0 Å². The number of nitrogens with two attached hydrogens (primary N) is 1. The van der Waals surface area contributed by atoms with Crippen molar-refractivity contribution in [3.8, 4) is 0 Å². The van der Waals surface area contributed by atoms with E-state index in [4.69, 9.17) is 5.73 Å². The molecule has 2 atom stereocenters. The van der Waals surface area contributed by atoms with Crippen LogP contribution in [0, 0.1) is 6.92 Å². The van der Waals surface area contributed by atoms with Gasteiger partial charge in [-0.25, -0.2) is 18.3 Å². The standard InChI is InChI=1S/C26H42N8.2ClH/c1-22-16-24(6-7-26(22)27)34-19-23(29-9-5-11-33-15-13-31(3)21-33)17-25(34)18-28-8-4-10-32-14-12-30(2)20-32;;/h6-7,12-16,20-21,23,25,28-29H,4-5,8-11,17-19,27H2,1-3H3;2*1H/q+2;;/p-2. The second kappa shape index (κ2) is 14.5. The maximum absolute atomic E-state index is 6.09. The normalized spacial score (nSPS) is 17.1. The van der Waals surface area contributed by atoms with E-state index in [1.165, 1.54) is 5.69 Å². The van der Waals surface area contributed by atoms with Gasteiger partial charge in [0, 0.05) is 36.5 Å². The van der Waals surface area contributed by atoms with E-state index in [9.17, 15) is 0 Å². The Kier molecular flexibility index (Phi) is 12.0. The number of nitrogens with zero attached hydrogens (tertiary/aromatic N) is 5. The van der Waals surface area contributed by atoms with Gasteiger partial charge in [0.1, 0.15) is 24.8 Å². The summed E-state index contributed by atoms with van der Waals surface area (Å²) in [7, 11) is 4.13. The largest absolute Gasteiger partial charge is 1.00 e. The van der Waals surface area contributed by atoms with Crippen molar-refractivity contribution in [2.24, 2.45) is 14.1 Å². The van der Waals surface area contributed by atoms with Crippen LogP contribution in [0.2, 0.25) is 0 Å². The Hall–Kier alpha value is -2.26. The van der Waals surface area contributed by atoms with E-state index in [1.807, 2.05) is 6.07 Å². The van der Waals surface area contributed by atoms with Crippen molar-refractivity contribution in [1.29, 1.82) is 0 Å². The van der Waals surface area contributed by atoms with Crippen molar-refractivity contribution in [3.63, 3.8) is 0 Å². The third kappa shape index (κ3) is 8.40. The molecule has 3 aromatic rings. The van der Waals surface area contributed by atoms with Crippen LogP contribution in [0.15, 0.2) is 55.6 Å². The fourth-order valence-electron chi connectivity index (χ4n) is 4.90. The molecule has 2 aromatic heterocycles. The lowest BCUT2D eigenvalue weighted by atomic mass is 10.1. The van der Waals surface area contributed by atoms with Gasteiger partial charge in [-0.1, -0.05) is 0 Å². The van der Waals surface area contributed by atoms with Gasteiger partial charge in [-0.3, -0.25) is 0 Å². The van der Waals surface area contributed by atoms with Crippen LogP contribution in [-0.4, -0.2) is 47.4 Å². The fourth-order valence-corrected chi connectivity index (χ4v) is 4.90. The first-order valence-corrected chi connectivity index (χ1v) is 12.6. The molecule has 1 aliphatic heterocycles. The minimum atomic E-state index is 0. The van der Waals surface area contributed by atoms with Gasteiger partial charge in [0.05, 0.1) is 27.2 Å². The molecule has 0 saturated carbocycles. The average molecular weight is 538 g/mol. The Morgan fingerprint density at radius 2 is 1.61 bits per heavy atom. The number of aromatic nitrogens is 4. The summed E-state index contributed by atoms with van der Waals surface area (Å²) in [5.74, 6) is 0. The Bertz CT molecular complexity index is 1050. The van der Waals surface area contributed by atoms with Crippen LogP contribution in [0.4, 0.5) is 11.4 Å². The summed E-state index contributed by atoms with van der Waals surface area (Å²) in [5, 5.41) is 7.54. The average Bonchev–Trinajstić information content (AvgIpc) is 3.53. The highest BCUT2D eigenvalue weighted by molar-refractivity contribution is 5.59. The summed E-state index contributed by atoms with van der Waals surface area (Å²) in [5.41, 5.74) is 9.39. The summed E-state index contributed by atoms with van der Waals surface area (Å²) < 4.78 is 8.67. The maximum atomic E-state index is 6.09. The van der Waals surface area contributed by atoms with Crippen LogP contribution in [0.5, 0.6) is 0 Å². The van der Waals surface area contributed by atoms with E-state index in [-0.39, 0.29) is 24.8 Å². The number of aryl methyl sites for hydroxylation is 5. The second-order valence-electron chi connectivity index (χ2n) is 9.78. The molecular formula is C26H42Cl2N8. The summed E-state index contributed by atoms with van der Waals surface area (Å²) in [6, 6.07) is 7.45. The second-order valence-corrected chi connectivity index (χ2v) is 9.78. The van der Waals surface area contributed by atoms with Gasteiger partial charge in [0.2, 0.25) is 12.7 Å². The zero-order valence-electron chi connectivity index (χ0n) is 21.8. The molecule has 1 aromatic carbocycles. The molecule has 3 heterocycles. The molecule has 0 bridgehead atoms. The zero-order chi connectivity index (χ0) is 23.9. The minimum absolute atomic E-state index is 0. The Labute approximate surface area is 228 Å². The van der Waals surface area contributed by atoms with Crippen LogP contribution in [0.25, 0.3) is 0 Å². The number of anilines is 2. The van der Waals surface area contributed by atoms with Crippen LogP contribution >= 0.6 is 0 Å². The number of halogens is 2. The third-order valence-corrected chi connectivity index (χ3v) is 6.82. The van der Waals surface area contributed by atoms with Crippen LogP contribution in [0.1, 0.15) is 24.8 Å². The molecule has 4 rings (SSSR count). The lowest BCUT2D eigenvalue weighted by molar-refractivity contribution is -0.671. The smallest absolute Gasteiger partial charge is 0.243 e. The van der Waals surface area contributed by atoms with E-state index in [0.29, 0.717) is 12.1 Å². The predicted molar refractivity (Wildman–Crippen MR) is 136 cm³/mol. The number of hydrogen-bond acceptors (Lipinski definition) is 4. The number of nitrogen functional groups attached to an aromatic ring is 1. The van der Waals surface area contributed by atoms with E-state index in [1.54, 1.807) is 0 Å². The van der Waals surface area contributed by atoms with E-state index in [2.05, 4.69) is 104 Å². The van der Waals surface area contributed by atoms with E-state index >= 15 is 0 Å². The van der Waals surface area contributed by atoms with Crippen LogP contribution in [-0.2, 0) is 27.2 Å². The van der Waals surface area contributed by atoms with E-state index < -0.39 is 0 Å². The summed E-state index contributed by atoms with van der Waals surface area (Å²) >= 11 is 0. The molecule has 10 heteroatoms. The minimum Gasteiger partial charge on any atom is -1.00 e. The van der Waals surface area contributed by atoms with Crippen molar-refractivity contribution >= 4 is 11.4 Å². The Balaban J connectivity index is 0.00000228. The zero-order valence-corrected chi connectivity index (χ0v) is 23.3. The molecule has 0 amide bonds. The molecule has 0 radical (unpaired) electrons. The molecule has 1 saturated heterocycles. The van der Waals surface area contributed by atoms with Crippen molar-refractivity contribution in [3.05, 3.63) is 61.2 Å². The molecule has 1 fully saturated rings. The molecule has 0 spiro atoms. The Morgan fingerprint density at radius 1 is 0.972 bits per heavy atom. The summed E-state index contributed by atoms with van der Waals surface area (Å²) in [6.07, 6.45) is 16.1. The molecule has 4 N–H and O–H groups in total. The topological polar surface area (TPSA) is 70.9 Å². The number of hydrogen-bond donors (Lipinski definition) is 3. The van der Waals surface area contributed by atoms with Gasteiger partial charge < -0.3 is 46.1 Å². The lowest BCUT2D eigenvalue weighted by Crippen LogP contribution is -3.00. The van der Waals surface area contributed by atoms with Crippen molar-refractivity contribution in [2.45, 2.75) is 51.4 Å². The molecule has 1 aliphatic rings. The first-order valence-electron chi connectivity index (χ1n) is 12.6. The van der Waals surface area contributed by atoms with E-state index in [0.717, 1.165) is 69.8 Å². The molecule has 0 aliphatic carbocycles. The fraction of sp³-hybridized carbons (Fsp3) is 0.538. The predicted octanol–water partition coefficient (Wildman–Crippen LogP) is -4.86. The highest BCUT2D eigenvalue weighted by atomic mass is 35.5. The highest BCUT2D eigenvalue weighted by Crippen LogP contribution is 2.28. The van der Waals surface area contributed by atoms with Crippen LogP contribution < -0.4 is 55.2 Å². The molecule has 2 unspecified atom stereocenters. The summed E-state index contributed by atoms with van der Waals surface area (Å²) in [4.78, 5) is 2.56. The first kappa shape index (κ1) is 30.0. The lowest BCUT2D eigenvalue weighted by Gasteiger charge is -2.27. The first-order chi connectivity index (χ1) is 16.5. The Morgan fingerprint density at radius 3 is 2.19 bits per heavy atom. The number of benzene rings is 1. The van der Waals surface area contributed by atoms with Crippen molar-refractivity contribution in [1.82, 2.24) is 19.8 Å².